The van der Waals surface area contributed by atoms with Crippen LogP contribution in [0.4, 0.5) is 0 Å². The van der Waals surface area contributed by atoms with E-state index in [4.69, 9.17) is 16.6 Å². The Labute approximate surface area is 191 Å². The van der Waals surface area contributed by atoms with E-state index in [1.54, 1.807) is 12.1 Å². The highest BCUT2D eigenvalue weighted by molar-refractivity contribution is 5.81. The number of carbonyl (C=O) groups excluding carboxylic acids is 1. The minimum absolute atomic E-state index is 0.0437. The molecule has 0 aromatic heterocycles. The molecule has 0 bridgehead atoms. The van der Waals surface area contributed by atoms with Crippen molar-refractivity contribution >= 4 is 18.2 Å². The van der Waals surface area contributed by atoms with Gasteiger partial charge in [0.2, 0.25) is 0 Å². The first-order valence-corrected chi connectivity index (χ1v) is 11.5. The number of guanidine groups is 1. The number of phenolic OH excluding ortho intramolecular Hbond substituents is 1. The molecule has 0 amide bonds. The van der Waals surface area contributed by atoms with E-state index in [2.05, 4.69) is 4.99 Å². The summed E-state index contributed by atoms with van der Waals surface area (Å²) in [5.74, 6) is -0.103. The number of carboxylic acids is 1. The molecule has 0 aliphatic rings. The van der Waals surface area contributed by atoms with E-state index in [0.29, 0.717) is 17.9 Å². The Hall–Kier alpha value is -2.83. The zero-order valence-corrected chi connectivity index (χ0v) is 19.2. The minimum Gasteiger partial charge on any atom is -0.508 e. The van der Waals surface area contributed by atoms with Gasteiger partial charge in [0.25, 0.3) is 0 Å². The summed E-state index contributed by atoms with van der Waals surface area (Å²) in [5, 5.41) is 18.6. The SMILES string of the molecule is CC(C=O)CCCCCC(CCCCC(=CC(=O)O)CN=C(N)N)Cc1ccc(O)cc1. The summed E-state index contributed by atoms with van der Waals surface area (Å²) in [4.78, 5) is 25.7. The Morgan fingerprint density at radius 2 is 1.66 bits per heavy atom. The van der Waals surface area contributed by atoms with Crippen LogP contribution in [-0.2, 0) is 16.0 Å². The molecule has 0 heterocycles. The zero-order valence-electron chi connectivity index (χ0n) is 19.2. The van der Waals surface area contributed by atoms with E-state index in [1.165, 1.54) is 11.6 Å². The van der Waals surface area contributed by atoms with Crippen molar-refractivity contribution in [2.75, 3.05) is 6.54 Å². The average Bonchev–Trinajstić information content (AvgIpc) is 2.75. The van der Waals surface area contributed by atoms with Gasteiger partial charge < -0.3 is 26.5 Å². The Morgan fingerprint density at radius 1 is 1.03 bits per heavy atom. The fraction of sp³-hybridized carbons (Fsp3) is 0.560. The van der Waals surface area contributed by atoms with E-state index in [0.717, 1.165) is 64.1 Å². The smallest absolute Gasteiger partial charge is 0.328 e. The molecule has 0 aliphatic heterocycles. The van der Waals surface area contributed by atoms with Gasteiger partial charge in [0.05, 0.1) is 6.54 Å². The number of nitrogens with two attached hydrogens (primary N) is 2. The Balaban J connectivity index is 2.55. The van der Waals surface area contributed by atoms with Gasteiger partial charge in [-0.2, -0.15) is 0 Å². The number of rotatable bonds is 17. The number of hydrogen-bond acceptors (Lipinski definition) is 4. The van der Waals surface area contributed by atoms with Crippen LogP contribution in [0.15, 0.2) is 40.9 Å². The Kier molecular flexibility index (Phi) is 13.5. The molecule has 0 spiro atoms. The normalized spacial score (nSPS) is 13.3. The van der Waals surface area contributed by atoms with Crippen LogP contribution in [0.5, 0.6) is 5.75 Å². The molecular weight excluding hydrogens is 406 g/mol. The van der Waals surface area contributed by atoms with Crippen molar-refractivity contribution in [1.82, 2.24) is 0 Å². The third-order valence-corrected chi connectivity index (χ3v) is 5.62. The lowest BCUT2D eigenvalue weighted by molar-refractivity contribution is -0.131. The fourth-order valence-corrected chi connectivity index (χ4v) is 3.81. The number of hydrogen-bond donors (Lipinski definition) is 4. The van der Waals surface area contributed by atoms with Crippen molar-refractivity contribution in [3.8, 4) is 5.75 Å². The van der Waals surface area contributed by atoms with Crippen LogP contribution < -0.4 is 11.5 Å². The van der Waals surface area contributed by atoms with E-state index in [9.17, 15) is 14.7 Å². The van der Waals surface area contributed by atoms with Gasteiger partial charge in [0, 0.05) is 12.0 Å². The van der Waals surface area contributed by atoms with Crippen molar-refractivity contribution in [3.63, 3.8) is 0 Å². The third-order valence-electron chi connectivity index (χ3n) is 5.62. The third kappa shape index (κ3) is 13.5. The number of benzene rings is 1. The second-order valence-electron chi connectivity index (χ2n) is 8.62. The second-order valence-corrected chi connectivity index (χ2v) is 8.62. The molecule has 0 radical (unpaired) electrons. The van der Waals surface area contributed by atoms with Gasteiger partial charge in [-0.1, -0.05) is 57.6 Å². The first-order valence-electron chi connectivity index (χ1n) is 11.5. The average molecular weight is 446 g/mol. The number of carbonyl (C=O) groups is 2. The van der Waals surface area contributed by atoms with Crippen molar-refractivity contribution < 1.29 is 19.8 Å². The largest absolute Gasteiger partial charge is 0.508 e. The maximum absolute atomic E-state index is 11.0. The maximum atomic E-state index is 11.0. The zero-order chi connectivity index (χ0) is 23.8. The predicted molar refractivity (Wildman–Crippen MR) is 128 cm³/mol. The summed E-state index contributed by atoms with van der Waals surface area (Å²) >= 11 is 0. The molecule has 7 heteroatoms. The van der Waals surface area contributed by atoms with Crippen LogP contribution >= 0.6 is 0 Å². The van der Waals surface area contributed by atoms with Crippen LogP contribution in [0.3, 0.4) is 0 Å². The number of aldehydes is 1. The number of unbranched alkanes of at least 4 members (excludes halogenated alkanes) is 3. The molecule has 1 aromatic carbocycles. The van der Waals surface area contributed by atoms with Crippen molar-refractivity contribution in [2.45, 2.75) is 71.1 Å². The van der Waals surface area contributed by atoms with Crippen LogP contribution in [0.2, 0.25) is 0 Å². The van der Waals surface area contributed by atoms with Gasteiger partial charge in [-0.05, 0) is 54.9 Å². The summed E-state index contributed by atoms with van der Waals surface area (Å²) in [5.41, 5.74) is 12.6. The highest BCUT2D eigenvalue weighted by Crippen LogP contribution is 2.24. The highest BCUT2D eigenvalue weighted by Gasteiger charge is 2.11. The van der Waals surface area contributed by atoms with Gasteiger partial charge in [-0.15, -0.1) is 0 Å². The number of aromatic hydroxyl groups is 1. The lowest BCUT2D eigenvalue weighted by atomic mass is 9.88. The highest BCUT2D eigenvalue weighted by atomic mass is 16.4. The lowest BCUT2D eigenvalue weighted by Gasteiger charge is -2.17. The van der Waals surface area contributed by atoms with Crippen LogP contribution in [-0.4, -0.2) is 35.0 Å². The molecule has 2 atom stereocenters. The number of aliphatic carboxylic acids is 1. The topological polar surface area (TPSA) is 139 Å². The molecule has 0 saturated heterocycles. The van der Waals surface area contributed by atoms with Gasteiger partial charge in [0.15, 0.2) is 5.96 Å². The fourth-order valence-electron chi connectivity index (χ4n) is 3.81. The maximum Gasteiger partial charge on any atom is 0.328 e. The van der Waals surface area contributed by atoms with Crippen LogP contribution in [0, 0.1) is 11.8 Å². The molecule has 6 N–H and O–H groups in total. The summed E-state index contributed by atoms with van der Waals surface area (Å²) in [6, 6.07) is 7.38. The number of phenols is 1. The Bertz CT molecular complexity index is 740. The molecule has 0 saturated carbocycles. The lowest BCUT2D eigenvalue weighted by Crippen LogP contribution is -2.23. The number of carboxylic acid groups (broad SMARTS) is 1. The molecule has 178 valence electrons. The standard InChI is InChI=1S/C25H39N3O4/c1-19(18-29)7-3-2-4-8-20(15-21-11-13-23(30)14-12-21)9-5-6-10-22(16-24(31)32)17-28-25(26)27/h11-14,16,18-20,30H,2-10,15,17H2,1H3,(H,31,32)(H4,26,27,28). The first-order chi connectivity index (χ1) is 15.3. The molecule has 0 aliphatic carbocycles. The summed E-state index contributed by atoms with van der Waals surface area (Å²) in [7, 11) is 0. The van der Waals surface area contributed by atoms with E-state index >= 15 is 0 Å². The van der Waals surface area contributed by atoms with Gasteiger partial charge in [-0.25, -0.2) is 9.79 Å². The van der Waals surface area contributed by atoms with Gasteiger partial charge >= 0.3 is 5.97 Å². The predicted octanol–water partition coefficient (Wildman–Crippen LogP) is 4.18. The molecule has 1 aromatic rings. The molecule has 2 unspecified atom stereocenters. The minimum atomic E-state index is -0.986. The van der Waals surface area contributed by atoms with Gasteiger partial charge in [-0.3, -0.25) is 0 Å². The number of aliphatic imine (C=N–C) groups is 1. The monoisotopic (exact) mass is 445 g/mol. The first kappa shape index (κ1) is 27.2. The Morgan fingerprint density at radius 3 is 2.25 bits per heavy atom. The second kappa shape index (κ2) is 15.9. The summed E-state index contributed by atoms with van der Waals surface area (Å²) < 4.78 is 0. The van der Waals surface area contributed by atoms with E-state index in [1.807, 2.05) is 19.1 Å². The summed E-state index contributed by atoms with van der Waals surface area (Å²) in [6.07, 6.45) is 12.1. The quantitative estimate of drug-likeness (QED) is 0.0932. The van der Waals surface area contributed by atoms with Crippen molar-refractivity contribution in [3.05, 3.63) is 41.5 Å². The molecule has 0 fully saturated rings. The molecule has 7 nitrogen and oxygen atoms in total. The van der Waals surface area contributed by atoms with E-state index < -0.39 is 5.97 Å². The van der Waals surface area contributed by atoms with Gasteiger partial charge in [0.1, 0.15) is 12.0 Å². The molecular formula is C25H39N3O4. The summed E-state index contributed by atoms with van der Waals surface area (Å²) in [6.45, 7) is 2.17. The van der Waals surface area contributed by atoms with Crippen molar-refractivity contribution in [2.24, 2.45) is 28.3 Å². The molecule has 1 rings (SSSR count). The van der Waals surface area contributed by atoms with Crippen molar-refractivity contribution in [1.29, 1.82) is 0 Å². The molecule has 32 heavy (non-hydrogen) atoms. The van der Waals surface area contributed by atoms with Crippen LogP contribution in [0.1, 0.15) is 70.3 Å². The van der Waals surface area contributed by atoms with Crippen LogP contribution in [0.25, 0.3) is 0 Å². The van der Waals surface area contributed by atoms with E-state index in [-0.39, 0.29) is 24.2 Å². The number of nitrogens with zero attached hydrogens (tertiary/aromatic N) is 1.